The van der Waals surface area contributed by atoms with Gasteiger partial charge in [0.05, 0.1) is 5.69 Å². The van der Waals surface area contributed by atoms with Gasteiger partial charge in [-0.05, 0) is 255 Å². The number of aryl methyl sites for hydroxylation is 1. The van der Waals surface area contributed by atoms with Crippen molar-refractivity contribution in [2.45, 2.75) is 259 Å². The van der Waals surface area contributed by atoms with E-state index < -0.39 is 0 Å². The van der Waals surface area contributed by atoms with Gasteiger partial charge in [0.2, 0.25) is 0 Å². The monoisotopic (exact) mass is 1220 g/mol. The van der Waals surface area contributed by atoms with Crippen LogP contribution in [0.5, 0.6) is 0 Å². The summed E-state index contributed by atoms with van der Waals surface area (Å²) in [6.07, 6.45) is 6.92. The molecule has 8 aromatic carbocycles. The van der Waals surface area contributed by atoms with Crippen molar-refractivity contribution in [1.82, 2.24) is 0 Å². The van der Waals surface area contributed by atoms with Gasteiger partial charge in [-0.2, -0.15) is 0 Å². The van der Waals surface area contributed by atoms with Crippen molar-refractivity contribution in [1.29, 1.82) is 0 Å². The molecule has 0 fully saturated rings. The van der Waals surface area contributed by atoms with Gasteiger partial charge in [0.15, 0.2) is 0 Å². The maximum absolute atomic E-state index is 2.81. The SMILES string of the molecule is Cc1cc2c(cc1N1c3cc4c(cc3B3c5cc6c(cc5N(c5ccc7c(c5)C(C)(C)CCC7(C)C)c5cc(N(c7ccc(C(C)(C)C)cc7)c7ccc(C(C)(C)C)cc7)cc1c53)C(C)(C)CCC6(C)C)-c1c(C(C)(C)C)cccc1C4(C)C)C(C)(C)CCC2(C)C. The molecule has 0 aromatic heterocycles. The van der Waals surface area contributed by atoms with Crippen molar-refractivity contribution in [3.05, 3.63) is 200 Å². The first kappa shape index (κ1) is 62.7. The molecule has 14 rings (SSSR count). The van der Waals surface area contributed by atoms with E-state index in [-0.39, 0.29) is 60.9 Å². The first-order valence-electron chi connectivity index (χ1n) is 35.2. The largest absolute Gasteiger partial charge is 0.311 e. The third-order valence-corrected chi connectivity index (χ3v) is 24.4. The summed E-state index contributed by atoms with van der Waals surface area (Å²) in [5.74, 6) is 0. The Bertz CT molecular complexity index is 4320. The zero-order valence-electron chi connectivity index (χ0n) is 60.9. The highest BCUT2D eigenvalue weighted by atomic mass is 15.2. The lowest BCUT2D eigenvalue weighted by Gasteiger charge is -2.49. The minimum atomic E-state index is -0.253. The Morgan fingerprint density at radius 3 is 1.28 bits per heavy atom. The van der Waals surface area contributed by atoms with Crippen LogP contribution in [0.2, 0.25) is 0 Å². The Labute approximate surface area is 555 Å². The third-order valence-electron chi connectivity index (χ3n) is 24.4. The summed E-state index contributed by atoms with van der Waals surface area (Å²) in [5, 5.41) is 0. The molecule has 4 aliphatic carbocycles. The van der Waals surface area contributed by atoms with Gasteiger partial charge in [-0.15, -0.1) is 0 Å². The number of benzene rings is 8. The molecule has 0 radical (unpaired) electrons. The first-order valence-corrected chi connectivity index (χ1v) is 35.2. The molecule has 0 N–H and O–H groups in total. The fraction of sp³-hybridized carbons (Fsp3) is 0.455. The molecule has 3 nitrogen and oxygen atoms in total. The normalized spacial score (nSPS) is 19.6. The van der Waals surface area contributed by atoms with Crippen molar-refractivity contribution in [2.75, 3.05) is 14.7 Å². The zero-order valence-corrected chi connectivity index (χ0v) is 60.9. The van der Waals surface area contributed by atoms with Gasteiger partial charge in [-0.1, -0.05) is 226 Å². The van der Waals surface area contributed by atoms with Crippen LogP contribution in [0.3, 0.4) is 0 Å². The molecule has 8 aromatic rings. The van der Waals surface area contributed by atoms with Crippen LogP contribution in [0.15, 0.2) is 133 Å². The van der Waals surface area contributed by atoms with Crippen LogP contribution in [0.25, 0.3) is 11.1 Å². The van der Waals surface area contributed by atoms with Crippen molar-refractivity contribution in [2.24, 2.45) is 0 Å². The number of fused-ring (bicyclic) bond motifs is 10. The average Bonchev–Trinajstić information content (AvgIpc) is 1.01. The van der Waals surface area contributed by atoms with E-state index in [4.69, 9.17) is 0 Å². The van der Waals surface area contributed by atoms with Gasteiger partial charge in [0, 0.05) is 50.9 Å². The standard InChI is InChI=1S/C88H106BN3/c1-53-44-65-68(86(19,20)42-40-83(65,13)14)51-72(53)92-74-50-64-60(77-62(81(8,9)10)26-25-27-63(77)88(64,23)24)48-70(74)89-71-49-67-69(87(21,22)43-41-85(67,17)18)52-73(71)91(58-36-37-61-66(45-58)84(15,16)39-38-82(61,11)12)75-46-59(47-76(92)78(75)89)90(56-32-28-54(29-33-56)79(2,3)4)57-34-30-55(31-35-57)80(5,6)7/h25-37,44-52H,38-43H2,1-24H3. The maximum atomic E-state index is 2.81. The number of nitrogens with zero attached hydrogens (tertiary/aromatic N) is 3. The molecule has 0 unspecified atom stereocenters. The molecule has 6 aliphatic rings. The highest BCUT2D eigenvalue weighted by Crippen LogP contribution is 2.59. The minimum absolute atomic E-state index is 0.00119. The Morgan fingerprint density at radius 2 is 0.783 bits per heavy atom. The molecular weight excluding hydrogens is 1110 g/mol. The zero-order chi connectivity index (χ0) is 66.1. The van der Waals surface area contributed by atoms with Gasteiger partial charge in [0.25, 0.3) is 6.71 Å². The number of hydrogen-bond acceptors (Lipinski definition) is 3. The van der Waals surface area contributed by atoms with Crippen molar-refractivity contribution >= 4 is 74.3 Å². The molecule has 4 heteroatoms. The molecule has 0 bridgehead atoms. The Balaban J connectivity index is 1.18. The number of rotatable bonds is 5. The van der Waals surface area contributed by atoms with E-state index in [0.717, 1.165) is 42.7 Å². The maximum Gasteiger partial charge on any atom is 0.252 e. The molecule has 0 atom stereocenters. The smallest absolute Gasteiger partial charge is 0.252 e. The highest BCUT2D eigenvalue weighted by molar-refractivity contribution is 7.00. The lowest BCUT2D eigenvalue weighted by Crippen LogP contribution is -2.62. The van der Waals surface area contributed by atoms with Gasteiger partial charge < -0.3 is 14.7 Å². The molecule has 0 amide bonds. The van der Waals surface area contributed by atoms with E-state index >= 15 is 0 Å². The Hall–Kier alpha value is -6.78. The molecular formula is C88H106BN3. The summed E-state index contributed by atoms with van der Waals surface area (Å²) >= 11 is 0. The van der Waals surface area contributed by atoms with Crippen molar-refractivity contribution in [3.63, 3.8) is 0 Å². The quantitative estimate of drug-likeness (QED) is 0.159. The van der Waals surface area contributed by atoms with E-state index in [1.807, 2.05) is 0 Å². The third kappa shape index (κ3) is 9.51. The fourth-order valence-corrected chi connectivity index (χ4v) is 17.9. The summed E-state index contributed by atoms with van der Waals surface area (Å²) in [7, 11) is 0. The highest BCUT2D eigenvalue weighted by Gasteiger charge is 2.51. The summed E-state index contributed by atoms with van der Waals surface area (Å²) < 4.78 is 0. The summed E-state index contributed by atoms with van der Waals surface area (Å²) in [4.78, 5) is 8.18. The van der Waals surface area contributed by atoms with E-state index in [1.165, 1.54) is 141 Å². The summed E-state index contributed by atoms with van der Waals surface area (Å²) in [6, 6.07) is 55.5. The molecule has 2 heterocycles. The second-order valence-electron chi connectivity index (χ2n) is 37.2. The van der Waals surface area contributed by atoms with Gasteiger partial charge in [-0.3, -0.25) is 0 Å². The van der Waals surface area contributed by atoms with Crippen molar-refractivity contribution < 1.29 is 0 Å². The predicted molar refractivity (Wildman–Crippen MR) is 399 cm³/mol. The Kier molecular flexibility index (Phi) is 13.6. The lowest BCUT2D eigenvalue weighted by molar-refractivity contribution is 0.332. The van der Waals surface area contributed by atoms with Crippen molar-refractivity contribution in [3.8, 4) is 11.1 Å². The minimum Gasteiger partial charge on any atom is -0.311 e. The van der Waals surface area contributed by atoms with E-state index in [0.29, 0.717) is 0 Å². The predicted octanol–water partition coefficient (Wildman–Crippen LogP) is 22.8. The van der Waals surface area contributed by atoms with Crippen LogP contribution in [0.1, 0.15) is 265 Å². The lowest BCUT2D eigenvalue weighted by atomic mass is 9.33. The van der Waals surface area contributed by atoms with Gasteiger partial charge in [-0.25, -0.2) is 0 Å². The second-order valence-corrected chi connectivity index (χ2v) is 37.2. The van der Waals surface area contributed by atoms with Crippen LogP contribution in [0, 0.1) is 6.92 Å². The molecule has 2 aliphatic heterocycles. The fourth-order valence-electron chi connectivity index (χ4n) is 17.9. The summed E-state index contributed by atoms with van der Waals surface area (Å²) in [5.41, 5.74) is 35.0. The van der Waals surface area contributed by atoms with Crippen LogP contribution < -0.4 is 31.1 Å². The van der Waals surface area contributed by atoms with Gasteiger partial charge >= 0.3 is 0 Å². The van der Waals surface area contributed by atoms with E-state index in [9.17, 15) is 0 Å². The summed E-state index contributed by atoms with van der Waals surface area (Å²) in [6.45, 7) is 58.6. The number of hydrogen-bond donors (Lipinski definition) is 0. The molecule has 0 spiro atoms. The van der Waals surface area contributed by atoms with E-state index in [2.05, 4.69) is 314 Å². The van der Waals surface area contributed by atoms with Crippen LogP contribution >= 0.6 is 0 Å². The van der Waals surface area contributed by atoms with Crippen LogP contribution in [0.4, 0.5) is 51.2 Å². The molecule has 92 heavy (non-hydrogen) atoms. The molecule has 476 valence electrons. The average molecular weight is 1220 g/mol. The van der Waals surface area contributed by atoms with Crippen LogP contribution in [-0.4, -0.2) is 6.71 Å². The molecule has 0 saturated heterocycles. The Morgan fingerprint density at radius 1 is 0.359 bits per heavy atom. The van der Waals surface area contributed by atoms with Crippen LogP contribution in [-0.2, 0) is 54.1 Å². The second kappa shape index (κ2) is 19.9. The van der Waals surface area contributed by atoms with Gasteiger partial charge in [0.1, 0.15) is 0 Å². The number of anilines is 9. The van der Waals surface area contributed by atoms with E-state index in [1.54, 1.807) is 0 Å². The molecule has 0 saturated carbocycles. The first-order chi connectivity index (χ1) is 42.6. The topological polar surface area (TPSA) is 9.72 Å².